The molecule has 0 unspecified atom stereocenters. The van der Waals surface area contributed by atoms with E-state index in [1.54, 1.807) is 0 Å². The zero-order valence-electron chi connectivity index (χ0n) is 9.36. The molecule has 0 amide bonds. The van der Waals surface area contributed by atoms with Crippen LogP contribution < -0.4 is 5.73 Å². The Bertz CT molecular complexity index is 488. The summed E-state index contributed by atoms with van der Waals surface area (Å²) in [6.45, 7) is 5.80. The van der Waals surface area contributed by atoms with E-state index in [0.717, 1.165) is 17.6 Å². The smallest absolute Gasteiger partial charge is 0.0459 e. The van der Waals surface area contributed by atoms with Gasteiger partial charge in [-0.3, -0.25) is 0 Å². The zero-order chi connectivity index (χ0) is 10.8. The molecule has 0 fully saturated rings. The second-order valence-electron chi connectivity index (χ2n) is 3.84. The van der Waals surface area contributed by atoms with E-state index >= 15 is 0 Å². The summed E-state index contributed by atoms with van der Waals surface area (Å²) >= 11 is 0. The number of H-pyrrole nitrogens is 1. The van der Waals surface area contributed by atoms with Crippen molar-refractivity contribution in [1.29, 1.82) is 0 Å². The first-order valence-electron chi connectivity index (χ1n) is 5.17. The summed E-state index contributed by atoms with van der Waals surface area (Å²) in [5, 5.41) is 1.23. The first-order valence-corrected chi connectivity index (χ1v) is 5.17. The summed E-state index contributed by atoms with van der Waals surface area (Å²) in [7, 11) is 0. The highest BCUT2D eigenvalue weighted by molar-refractivity contribution is 5.85. The van der Waals surface area contributed by atoms with E-state index in [2.05, 4.69) is 30.6 Å². The van der Waals surface area contributed by atoms with Crippen LogP contribution in [0.25, 0.3) is 10.9 Å². The number of nitrogens with one attached hydrogen (secondary N) is 1. The molecule has 2 rings (SSSR count). The van der Waals surface area contributed by atoms with Gasteiger partial charge in [-0.1, -0.05) is 24.3 Å². The van der Waals surface area contributed by atoms with Gasteiger partial charge in [-0.2, -0.15) is 0 Å². The second kappa shape index (κ2) is 5.19. The molecule has 2 aromatic rings. The second-order valence-corrected chi connectivity index (χ2v) is 3.84. The van der Waals surface area contributed by atoms with Crippen molar-refractivity contribution < 1.29 is 0 Å². The number of fused-ring (bicyclic) bond motifs is 1. The zero-order valence-corrected chi connectivity index (χ0v) is 10.2. The van der Waals surface area contributed by atoms with E-state index < -0.39 is 0 Å². The highest BCUT2D eigenvalue weighted by Gasteiger charge is 2.13. The third kappa shape index (κ3) is 2.13. The predicted octanol–water partition coefficient (Wildman–Crippen LogP) is 3.47. The average molecular weight is 237 g/mol. The molecule has 1 heterocycles. The van der Waals surface area contributed by atoms with Gasteiger partial charge in [-0.05, 0) is 25.0 Å². The molecule has 0 spiro atoms. The van der Waals surface area contributed by atoms with Crippen LogP contribution in [0.1, 0.15) is 23.7 Å². The largest absolute Gasteiger partial charge is 0.358 e. The van der Waals surface area contributed by atoms with Gasteiger partial charge in [0.1, 0.15) is 0 Å². The summed E-state index contributed by atoms with van der Waals surface area (Å²) in [4.78, 5) is 3.35. The van der Waals surface area contributed by atoms with Crippen LogP contribution in [0.3, 0.4) is 0 Å². The third-order valence-electron chi connectivity index (χ3n) is 2.73. The average Bonchev–Trinajstić information content (AvgIpc) is 2.54. The molecule has 0 saturated heterocycles. The van der Waals surface area contributed by atoms with E-state index in [-0.39, 0.29) is 18.4 Å². The minimum absolute atomic E-state index is 0. The molecule has 0 bridgehead atoms. The highest BCUT2D eigenvalue weighted by atomic mass is 35.5. The minimum Gasteiger partial charge on any atom is -0.358 e. The van der Waals surface area contributed by atoms with Crippen LogP contribution >= 0.6 is 12.4 Å². The molecule has 0 radical (unpaired) electrons. The van der Waals surface area contributed by atoms with Crippen LogP contribution in [0.5, 0.6) is 0 Å². The summed E-state index contributed by atoms with van der Waals surface area (Å²) in [5.74, 6) is 0. The monoisotopic (exact) mass is 236 g/mol. The van der Waals surface area contributed by atoms with Crippen LogP contribution in [0.2, 0.25) is 0 Å². The topological polar surface area (TPSA) is 41.8 Å². The maximum Gasteiger partial charge on any atom is 0.0459 e. The standard InChI is InChI=1S/C13H16N2.ClH/c1-3-6-11(14)13-9(2)15-12-8-5-4-7-10(12)13;/h3-5,7-8,11,15H,1,6,14H2,2H3;1H/t11-;/m1./s1. The Morgan fingerprint density at radius 3 is 2.81 bits per heavy atom. The molecule has 1 aromatic carbocycles. The molecule has 3 heteroatoms. The lowest BCUT2D eigenvalue weighted by Gasteiger charge is -2.09. The number of nitrogens with two attached hydrogens (primary N) is 1. The predicted molar refractivity (Wildman–Crippen MR) is 72.0 cm³/mol. The number of hydrogen-bond acceptors (Lipinski definition) is 1. The minimum atomic E-state index is 0. The summed E-state index contributed by atoms with van der Waals surface area (Å²) < 4.78 is 0. The van der Waals surface area contributed by atoms with Crippen molar-refractivity contribution in [3.63, 3.8) is 0 Å². The van der Waals surface area contributed by atoms with E-state index in [0.29, 0.717) is 0 Å². The first kappa shape index (κ1) is 12.8. The van der Waals surface area contributed by atoms with Crippen molar-refractivity contribution in [1.82, 2.24) is 4.98 Å². The number of aromatic amines is 1. The molecule has 3 N–H and O–H groups in total. The number of rotatable bonds is 3. The van der Waals surface area contributed by atoms with Crippen molar-refractivity contribution in [3.05, 3.63) is 48.2 Å². The molecule has 0 saturated carbocycles. The van der Waals surface area contributed by atoms with Gasteiger partial charge in [0, 0.05) is 22.6 Å². The molecule has 1 aromatic heterocycles. The van der Waals surface area contributed by atoms with Gasteiger partial charge in [0.05, 0.1) is 0 Å². The van der Waals surface area contributed by atoms with Crippen LogP contribution in [0, 0.1) is 6.92 Å². The fourth-order valence-corrected chi connectivity index (χ4v) is 2.07. The van der Waals surface area contributed by atoms with Crippen molar-refractivity contribution >= 4 is 23.3 Å². The number of hydrogen-bond donors (Lipinski definition) is 2. The molecule has 1 atom stereocenters. The van der Waals surface area contributed by atoms with E-state index in [1.807, 2.05) is 18.2 Å². The highest BCUT2D eigenvalue weighted by Crippen LogP contribution is 2.28. The molecular formula is C13H17ClN2. The number of para-hydroxylation sites is 1. The Kier molecular flexibility index (Phi) is 4.16. The van der Waals surface area contributed by atoms with Gasteiger partial charge in [-0.15, -0.1) is 19.0 Å². The maximum atomic E-state index is 6.13. The number of halogens is 1. The van der Waals surface area contributed by atoms with Crippen molar-refractivity contribution in [3.8, 4) is 0 Å². The fourth-order valence-electron chi connectivity index (χ4n) is 2.07. The number of aryl methyl sites for hydroxylation is 1. The Hall–Kier alpha value is -1.25. The van der Waals surface area contributed by atoms with Gasteiger partial charge in [0.25, 0.3) is 0 Å². The first-order chi connectivity index (χ1) is 7.24. The normalized spacial score (nSPS) is 12.1. The lowest BCUT2D eigenvalue weighted by atomic mass is 10.0. The van der Waals surface area contributed by atoms with Gasteiger partial charge >= 0.3 is 0 Å². The molecule has 2 nitrogen and oxygen atoms in total. The maximum absolute atomic E-state index is 6.13. The van der Waals surface area contributed by atoms with Crippen LogP contribution in [-0.2, 0) is 0 Å². The SMILES string of the molecule is C=CC[C@@H](N)c1c(C)[nH]c2ccccc12.Cl. The van der Waals surface area contributed by atoms with Crippen molar-refractivity contribution in [2.75, 3.05) is 0 Å². The van der Waals surface area contributed by atoms with E-state index in [4.69, 9.17) is 5.73 Å². The summed E-state index contributed by atoms with van der Waals surface area (Å²) in [6, 6.07) is 8.29. The molecule has 86 valence electrons. The Balaban J connectivity index is 0.00000128. The molecule has 0 aliphatic heterocycles. The number of aromatic nitrogens is 1. The Labute approximate surface area is 102 Å². The molecule has 0 aliphatic rings. The van der Waals surface area contributed by atoms with Gasteiger partial charge in [0.2, 0.25) is 0 Å². The summed E-state index contributed by atoms with van der Waals surface area (Å²) in [6.07, 6.45) is 2.68. The van der Waals surface area contributed by atoms with Crippen molar-refractivity contribution in [2.24, 2.45) is 5.73 Å². The van der Waals surface area contributed by atoms with Gasteiger partial charge in [-0.25, -0.2) is 0 Å². The Morgan fingerprint density at radius 1 is 1.44 bits per heavy atom. The molecule has 16 heavy (non-hydrogen) atoms. The fraction of sp³-hybridized carbons (Fsp3) is 0.231. The van der Waals surface area contributed by atoms with Gasteiger partial charge in [0.15, 0.2) is 0 Å². The molecular weight excluding hydrogens is 220 g/mol. The van der Waals surface area contributed by atoms with Crippen LogP contribution in [0.15, 0.2) is 36.9 Å². The number of benzene rings is 1. The van der Waals surface area contributed by atoms with E-state index in [9.17, 15) is 0 Å². The summed E-state index contributed by atoms with van der Waals surface area (Å²) in [5.41, 5.74) is 9.65. The lowest BCUT2D eigenvalue weighted by Crippen LogP contribution is -2.09. The van der Waals surface area contributed by atoms with Crippen LogP contribution in [-0.4, -0.2) is 4.98 Å². The van der Waals surface area contributed by atoms with Crippen LogP contribution in [0.4, 0.5) is 0 Å². The third-order valence-corrected chi connectivity index (χ3v) is 2.73. The molecule has 0 aliphatic carbocycles. The Morgan fingerprint density at radius 2 is 2.12 bits per heavy atom. The lowest BCUT2D eigenvalue weighted by molar-refractivity contribution is 0.741. The van der Waals surface area contributed by atoms with E-state index in [1.165, 1.54) is 10.9 Å². The van der Waals surface area contributed by atoms with Crippen molar-refractivity contribution in [2.45, 2.75) is 19.4 Å². The quantitative estimate of drug-likeness (QED) is 0.788. The van der Waals surface area contributed by atoms with Gasteiger partial charge < -0.3 is 10.7 Å².